The number of amides is 1. The molecule has 3 aromatic rings. The topological polar surface area (TPSA) is 38.1 Å². The zero-order valence-corrected chi connectivity index (χ0v) is 15.6. The van der Waals surface area contributed by atoms with Gasteiger partial charge in [-0.3, -0.25) is 9.48 Å². The Labute approximate surface area is 158 Å². The molecule has 0 unspecified atom stereocenters. The van der Waals surface area contributed by atoms with Crippen molar-refractivity contribution in [2.45, 2.75) is 33.2 Å². The van der Waals surface area contributed by atoms with E-state index in [9.17, 15) is 9.18 Å². The first-order valence-electron chi connectivity index (χ1n) is 9.21. The number of fused-ring (bicyclic) bond motifs is 1. The lowest BCUT2D eigenvalue weighted by Crippen LogP contribution is -2.35. The van der Waals surface area contributed by atoms with Gasteiger partial charge in [-0.15, -0.1) is 0 Å². The van der Waals surface area contributed by atoms with Crippen molar-refractivity contribution < 1.29 is 9.18 Å². The average molecular weight is 363 g/mol. The predicted molar refractivity (Wildman–Crippen MR) is 104 cm³/mol. The van der Waals surface area contributed by atoms with Crippen molar-refractivity contribution in [3.8, 4) is 0 Å². The molecule has 0 fully saturated rings. The molecule has 0 bridgehead atoms. The van der Waals surface area contributed by atoms with Crippen molar-refractivity contribution in [1.82, 2.24) is 9.78 Å². The summed E-state index contributed by atoms with van der Waals surface area (Å²) >= 11 is 0. The lowest BCUT2D eigenvalue weighted by Gasteiger charge is -2.29. The van der Waals surface area contributed by atoms with Crippen molar-refractivity contribution in [1.29, 1.82) is 0 Å². The van der Waals surface area contributed by atoms with Gasteiger partial charge in [0.1, 0.15) is 5.82 Å². The van der Waals surface area contributed by atoms with Crippen molar-refractivity contribution in [2.75, 3.05) is 11.4 Å². The third-order valence-corrected chi connectivity index (χ3v) is 5.05. The van der Waals surface area contributed by atoms with Gasteiger partial charge in [-0.25, -0.2) is 4.39 Å². The highest BCUT2D eigenvalue weighted by Crippen LogP contribution is 2.29. The minimum atomic E-state index is -0.311. The largest absolute Gasteiger partial charge is 0.308 e. The number of carbonyl (C=O) groups excluding carboxylic acids is 1. The van der Waals surface area contributed by atoms with Crippen molar-refractivity contribution in [3.63, 3.8) is 0 Å². The van der Waals surface area contributed by atoms with E-state index in [0.29, 0.717) is 24.3 Å². The number of carbonyl (C=O) groups is 1. The van der Waals surface area contributed by atoms with E-state index in [1.54, 1.807) is 11.0 Å². The lowest BCUT2D eigenvalue weighted by atomic mass is 10.0. The van der Waals surface area contributed by atoms with E-state index in [-0.39, 0.29) is 11.7 Å². The summed E-state index contributed by atoms with van der Waals surface area (Å²) in [6.07, 6.45) is 1.77. The maximum absolute atomic E-state index is 13.7. The van der Waals surface area contributed by atoms with Crippen LogP contribution in [-0.2, 0) is 13.0 Å². The van der Waals surface area contributed by atoms with E-state index >= 15 is 0 Å². The molecule has 1 amide bonds. The maximum atomic E-state index is 13.7. The molecule has 1 aliphatic heterocycles. The van der Waals surface area contributed by atoms with Crippen LogP contribution in [0.5, 0.6) is 0 Å². The predicted octanol–water partition coefficient (Wildman–Crippen LogP) is 4.28. The van der Waals surface area contributed by atoms with Crippen LogP contribution < -0.4 is 4.90 Å². The van der Waals surface area contributed by atoms with E-state index in [1.165, 1.54) is 12.1 Å². The second kappa shape index (κ2) is 6.99. The average Bonchev–Trinajstić information content (AvgIpc) is 2.98. The standard InChI is InChI=1S/C22H22FN3O/c1-15-12-16(2)26(24-15)14-17-5-7-19(8-6-17)22(27)25-11-3-4-18-9-10-20(23)13-21(18)25/h5-10,12-13H,3-4,11,14H2,1-2H3. The van der Waals surface area contributed by atoms with Gasteiger partial charge in [0.2, 0.25) is 0 Å². The number of rotatable bonds is 3. The molecule has 0 radical (unpaired) electrons. The van der Waals surface area contributed by atoms with Crippen LogP contribution in [0.25, 0.3) is 0 Å². The molecule has 1 aromatic heterocycles. The number of halogens is 1. The zero-order chi connectivity index (χ0) is 19.0. The molecule has 2 aromatic carbocycles. The number of hydrogen-bond acceptors (Lipinski definition) is 2. The van der Waals surface area contributed by atoms with Crippen LogP contribution in [0.1, 0.15) is 39.3 Å². The summed E-state index contributed by atoms with van der Waals surface area (Å²) in [5.74, 6) is -0.395. The summed E-state index contributed by atoms with van der Waals surface area (Å²) in [6.45, 7) is 5.30. The third kappa shape index (κ3) is 3.50. The number of aryl methyl sites for hydroxylation is 3. The highest BCUT2D eigenvalue weighted by atomic mass is 19.1. The summed E-state index contributed by atoms with van der Waals surface area (Å²) < 4.78 is 15.6. The van der Waals surface area contributed by atoms with E-state index < -0.39 is 0 Å². The first-order valence-corrected chi connectivity index (χ1v) is 9.21. The van der Waals surface area contributed by atoms with Gasteiger partial charge in [0.15, 0.2) is 0 Å². The van der Waals surface area contributed by atoms with Crippen molar-refractivity contribution in [2.24, 2.45) is 0 Å². The highest BCUT2D eigenvalue weighted by molar-refractivity contribution is 6.06. The fourth-order valence-electron chi connectivity index (χ4n) is 3.68. The van der Waals surface area contributed by atoms with Crippen LogP contribution in [0.4, 0.5) is 10.1 Å². The molecule has 0 atom stereocenters. The van der Waals surface area contributed by atoms with Gasteiger partial charge in [-0.05, 0) is 68.1 Å². The Bertz CT molecular complexity index is 991. The van der Waals surface area contributed by atoms with Crippen LogP contribution >= 0.6 is 0 Å². The highest BCUT2D eigenvalue weighted by Gasteiger charge is 2.24. The Balaban J connectivity index is 1.55. The SMILES string of the molecule is Cc1cc(C)n(Cc2ccc(C(=O)N3CCCc4ccc(F)cc43)cc2)n1. The van der Waals surface area contributed by atoms with Gasteiger partial charge in [0, 0.05) is 17.8 Å². The molecular formula is C22H22FN3O. The van der Waals surface area contributed by atoms with E-state index in [0.717, 1.165) is 35.4 Å². The number of nitrogens with zero attached hydrogens (tertiary/aromatic N) is 3. The zero-order valence-electron chi connectivity index (χ0n) is 15.6. The van der Waals surface area contributed by atoms with Crippen LogP contribution in [0.15, 0.2) is 48.5 Å². The minimum absolute atomic E-state index is 0.0841. The first kappa shape index (κ1) is 17.5. The number of hydrogen-bond donors (Lipinski definition) is 0. The fraction of sp³-hybridized carbons (Fsp3) is 0.273. The first-order chi connectivity index (χ1) is 13.0. The second-order valence-electron chi connectivity index (χ2n) is 7.12. The monoisotopic (exact) mass is 363 g/mol. The van der Waals surface area contributed by atoms with Gasteiger partial charge in [0.25, 0.3) is 5.91 Å². The molecule has 1 aliphatic rings. The van der Waals surface area contributed by atoms with Crippen molar-refractivity contribution in [3.05, 3.63) is 82.4 Å². The van der Waals surface area contributed by atoms with E-state index in [1.807, 2.05) is 48.9 Å². The number of anilines is 1. The maximum Gasteiger partial charge on any atom is 0.258 e. The van der Waals surface area contributed by atoms with Gasteiger partial charge < -0.3 is 4.90 Å². The molecule has 5 heteroatoms. The number of benzene rings is 2. The molecule has 0 saturated heterocycles. The normalized spacial score (nSPS) is 13.5. The van der Waals surface area contributed by atoms with Crippen LogP contribution in [0.2, 0.25) is 0 Å². The Morgan fingerprint density at radius 1 is 1.11 bits per heavy atom. The fourth-order valence-corrected chi connectivity index (χ4v) is 3.68. The summed E-state index contributed by atoms with van der Waals surface area (Å²) in [5.41, 5.74) is 5.53. The lowest BCUT2D eigenvalue weighted by molar-refractivity contribution is 0.0985. The van der Waals surface area contributed by atoms with Crippen LogP contribution in [0, 0.1) is 19.7 Å². The molecule has 2 heterocycles. The van der Waals surface area contributed by atoms with Crippen molar-refractivity contribution >= 4 is 11.6 Å². The van der Waals surface area contributed by atoms with E-state index in [4.69, 9.17) is 0 Å². The minimum Gasteiger partial charge on any atom is -0.308 e. The number of aromatic nitrogens is 2. The van der Waals surface area contributed by atoms with E-state index in [2.05, 4.69) is 5.10 Å². The molecule has 0 saturated carbocycles. The van der Waals surface area contributed by atoms with Crippen LogP contribution in [0.3, 0.4) is 0 Å². The molecule has 4 nitrogen and oxygen atoms in total. The third-order valence-electron chi connectivity index (χ3n) is 5.05. The molecule has 0 N–H and O–H groups in total. The van der Waals surface area contributed by atoms with Gasteiger partial charge >= 0.3 is 0 Å². The molecule has 0 spiro atoms. The summed E-state index contributed by atoms with van der Waals surface area (Å²) in [4.78, 5) is 14.7. The Morgan fingerprint density at radius 3 is 2.59 bits per heavy atom. The quantitative estimate of drug-likeness (QED) is 0.697. The summed E-state index contributed by atoms with van der Waals surface area (Å²) in [5, 5.41) is 4.48. The summed E-state index contributed by atoms with van der Waals surface area (Å²) in [6, 6.07) is 14.4. The van der Waals surface area contributed by atoms with Gasteiger partial charge in [-0.1, -0.05) is 18.2 Å². The Morgan fingerprint density at radius 2 is 1.89 bits per heavy atom. The van der Waals surface area contributed by atoms with Crippen LogP contribution in [-0.4, -0.2) is 22.2 Å². The molecule has 138 valence electrons. The second-order valence-corrected chi connectivity index (χ2v) is 7.12. The summed E-state index contributed by atoms with van der Waals surface area (Å²) in [7, 11) is 0. The van der Waals surface area contributed by atoms with Gasteiger partial charge in [-0.2, -0.15) is 5.10 Å². The molecule has 4 rings (SSSR count). The smallest absolute Gasteiger partial charge is 0.258 e. The van der Waals surface area contributed by atoms with Gasteiger partial charge in [0.05, 0.1) is 17.9 Å². The Kier molecular flexibility index (Phi) is 4.52. The molecule has 0 aliphatic carbocycles. The molecular weight excluding hydrogens is 341 g/mol. The molecule has 27 heavy (non-hydrogen) atoms. The Hall–Kier alpha value is -2.95.